The van der Waals surface area contributed by atoms with E-state index in [1.165, 1.54) is 6.20 Å². The van der Waals surface area contributed by atoms with Gasteiger partial charge in [-0.2, -0.15) is 0 Å². The van der Waals surface area contributed by atoms with Crippen molar-refractivity contribution in [2.24, 2.45) is 5.92 Å². The van der Waals surface area contributed by atoms with Crippen molar-refractivity contribution in [1.82, 2.24) is 14.9 Å². The number of hydrogen-bond acceptors (Lipinski definition) is 5. The summed E-state index contributed by atoms with van der Waals surface area (Å²) in [6.07, 6.45) is 5.09. The molecule has 1 aliphatic heterocycles. The minimum absolute atomic E-state index is 0.142. The molecule has 1 aromatic heterocycles. The molecule has 0 atom stereocenters. The van der Waals surface area contributed by atoms with Crippen molar-refractivity contribution in [3.8, 4) is 0 Å². The van der Waals surface area contributed by atoms with Gasteiger partial charge in [-0.3, -0.25) is 14.8 Å². The quantitative estimate of drug-likeness (QED) is 0.811. The van der Waals surface area contributed by atoms with Gasteiger partial charge in [0.2, 0.25) is 0 Å². The molecule has 3 rings (SSSR count). The van der Waals surface area contributed by atoms with Gasteiger partial charge in [-0.05, 0) is 30.9 Å². The van der Waals surface area contributed by atoms with Gasteiger partial charge in [0.1, 0.15) is 5.52 Å². The van der Waals surface area contributed by atoms with E-state index in [-0.39, 0.29) is 12.5 Å². The topological polar surface area (TPSA) is 72.4 Å². The molecule has 0 aliphatic carbocycles. The van der Waals surface area contributed by atoms with Crippen LogP contribution in [0.3, 0.4) is 0 Å². The lowest BCUT2D eigenvalue weighted by molar-refractivity contribution is -0.135. The van der Waals surface area contributed by atoms with E-state index in [2.05, 4.69) is 16.9 Å². The Balaban J connectivity index is 1.64. The molecular weight excluding hydrogens is 294 g/mol. The van der Waals surface area contributed by atoms with Crippen LogP contribution < -0.4 is 0 Å². The molecule has 0 N–H and O–H groups in total. The maximum atomic E-state index is 12.2. The van der Waals surface area contributed by atoms with Crippen molar-refractivity contribution in [3.63, 3.8) is 0 Å². The molecule has 6 nitrogen and oxygen atoms in total. The number of rotatable bonds is 3. The maximum Gasteiger partial charge on any atom is 0.340 e. The summed E-state index contributed by atoms with van der Waals surface area (Å²) in [7, 11) is 0. The highest BCUT2D eigenvalue weighted by Crippen LogP contribution is 2.17. The first-order valence-electron chi connectivity index (χ1n) is 7.80. The van der Waals surface area contributed by atoms with Crippen LogP contribution in [-0.2, 0) is 9.53 Å². The van der Waals surface area contributed by atoms with Crippen LogP contribution in [0, 0.1) is 5.92 Å². The summed E-state index contributed by atoms with van der Waals surface area (Å²) in [6, 6.07) is 5.13. The standard InChI is InChI=1S/C17H19N3O3/c1-12-5-9-20(10-6-12)15(21)11-23-17(22)13-3-2-4-14-16(13)19-8-7-18-14/h2-4,7-8,12H,5-6,9-11H2,1H3. The first kappa shape index (κ1) is 15.4. The summed E-state index contributed by atoms with van der Waals surface area (Å²) in [5, 5.41) is 0. The summed E-state index contributed by atoms with van der Waals surface area (Å²) >= 11 is 0. The predicted octanol–water partition coefficient (Wildman–Crippen LogP) is 2.05. The number of piperidine rings is 1. The molecule has 1 aliphatic rings. The Morgan fingerprint density at radius 2 is 1.96 bits per heavy atom. The van der Waals surface area contributed by atoms with Crippen molar-refractivity contribution in [3.05, 3.63) is 36.2 Å². The highest BCUT2D eigenvalue weighted by molar-refractivity contribution is 6.02. The maximum absolute atomic E-state index is 12.2. The molecule has 0 unspecified atom stereocenters. The Bertz CT molecular complexity index is 719. The van der Waals surface area contributed by atoms with E-state index < -0.39 is 5.97 Å². The number of esters is 1. The summed E-state index contributed by atoms with van der Waals surface area (Å²) in [5.74, 6) is -0.0396. The molecule has 0 spiro atoms. The zero-order chi connectivity index (χ0) is 16.2. The fraction of sp³-hybridized carbons (Fsp3) is 0.412. The van der Waals surface area contributed by atoms with E-state index in [4.69, 9.17) is 4.74 Å². The first-order valence-corrected chi connectivity index (χ1v) is 7.80. The lowest BCUT2D eigenvalue weighted by atomic mass is 9.99. The number of carbonyl (C=O) groups is 2. The van der Waals surface area contributed by atoms with Gasteiger partial charge in [0.05, 0.1) is 11.1 Å². The van der Waals surface area contributed by atoms with Crippen molar-refractivity contribution in [1.29, 1.82) is 0 Å². The third-order valence-corrected chi connectivity index (χ3v) is 4.18. The van der Waals surface area contributed by atoms with Crippen molar-refractivity contribution >= 4 is 22.9 Å². The largest absolute Gasteiger partial charge is 0.452 e. The molecule has 2 heterocycles. The number of ether oxygens (including phenoxy) is 1. The van der Waals surface area contributed by atoms with Gasteiger partial charge >= 0.3 is 5.97 Å². The number of carbonyl (C=O) groups excluding carboxylic acids is 2. The number of amides is 1. The van der Waals surface area contributed by atoms with E-state index in [1.807, 2.05) is 0 Å². The first-order chi connectivity index (χ1) is 11.1. The van der Waals surface area contributed by atoms with Crippen LogP contribution in [0.25, 0.3) is 11.0 Å². The van der Waals surface area contributed by atoms with Crippen molar-refractivity contribution in [2.45, 2.75) is 19.8 Å². The number of hydrogen-bond donors (Lipinski definition) is 0. The summed E-state index contributed by atoms with van der Waals surface area (Å²) in [5.41, 5.74) is 1.44. The van der Waals surface area contributed by atoms with Gasteiger partial charge in [0.25, 0.3) is 5.91 Å². The number of aromatic nitrogens is 2. The van der Waals surface area contributed by atoms with Crippen LogP contribution in [0.1, 0.15) is 30.1 Å². The molecule has 23 heavy (non-hydrogen) atoms. The molecule has 0 radical (unpaired) electrons. The third-order valence-electron chi connectivity index (χ3n) is 4.18. The zero-order valence-corrected chi connectivity index (χ0v) is 13.1. The minimum atomic E-state index is -0.546. The normalized spacial score (nSPS) is 15.6. The molecular formula is C17H19N3O3. The molecule has 1 amide bonds. The van der Waals surface area contributed by atoms with Gasteiger partial charge in [-0.15, -0.1) is 0 Å². The second-order valence-corrected chi connectivity index (χ2v) is 5.87. The third kappa shape index (κ3) is 3.47. The lowest BCUT2D eigenvalue weighted by Crippen LogP contribution is -2.40. The van der Waals surface area contributed by atoms with E-state index in [1.54, 1.807) is 29.3 Å². The minimum Gasteiger partial charge on any atom is -0.452 e. The number of benzene rings is 1. The number of fused-ring (bicyclic) bond motifs is 1. The van der Waals surface area contributed by atoms with Crippen molar-refractivity contribution < 1.29 is 14.3 Å². The number of nitrogens with zero attached hydrogens (tertiary/aromatic N) is 3. The van der Waals surface area contributed by atoms with E-state index in [0.29, 0.717) is 22.5 Å². The molecule has 0 saturated carbocycles. The summed E-state index contributed by atoms with van der Waals surface area (Å²) in [6.45, 7) is 3.42. The second-order valence-electron chi connectivity index (χ2n) is 5.87. The zero-order valence-electron chi connectivity index (χ0n) is 13.1. The molecule has 120 valence electrons. The summed E-state index contributed by atoms with van der Waals surface area (Å²) in [4.78, 5) is 34.4. The molecule has 1 aromatic carbocycles. The Kier molecular flexibility index (Phi) is 4.50. The molecule has 6 heteroatoms. The van der Waals surface area contributed by atoms with Gasteiger partial charge in [0.15, 0.2) is 6.61 Å². The van der Waals surface area contributed by atoms with Crippen LogP contribution in [0.15, 0.2) is 30.6 Å². The van der Waals surface area contributed by atoms with Gasteiger partial charge in [0, 0.05) is 25.5 Å². The summed E-state index contributed by atoms with van der Waals surface area (Å²) < 4.78 is 5.18. The molecule has 0 bridgehead atoms. The van der Waals surface area contributed by atoms with Gasteiger partial charge in [-0.1, -0.05) is 13.0 Å². The van der Waals surface area contributed by atoms with E-state index in [9.17, 15) is 9.59 Å². The van der Waals surface area contributed by atoms with Crippen LogP contribution in [0.2, 0.25) is 0 Å². The number of likely N-dealkylation sites (tertiary alicyclic amines) is 1. The molecule has 1 saturated heterocycles. The second kappa shape index (κ2) is 6.73. The van der Waals surface area contributed by atoms with E-state index in [0.717, 1.165) is 25.9 Å². The SMILES string of the molecule is CC1CCN(C(=O)COC(=O)c2cccc3nccnc23)CC1. The van der Waals surface area contributed by atoms with Crippen LogP contribution in [-0.4, -0.2) is 46.4 Å². The van der Waals surface area contributed by atoms with Gasteiger partial charge < -0.3 is 9.64 Å². The highest BCUT2D eigenvalue weighted by atomic mass is 16.5. The van der Waals surface area contributed by atoms with Gasteiger partial charge in [-0.25, -0.2) is 4.79 Å². The highest BCUT2D eigenvalue weighted by Gasteiger charge is 2.22. The van der Waals surface area contributed by atoms with E-state index >= 15 is 0 Å². The fourth-order valence-electron chi connectivity index (χ4n) is 2.71. The Labute approximate surface area is 134 Å². The lowest BCUT2D eigenvalue weighted by Gasteiger charge is -2.30. The number of para-hydroxylation sites is 1. The van der Waals surface area contributed by atoms with Crippen LogP contribution in [0.4, 0.5) is 0 Å². The Morgan fingerprint density at radius 3 is 2.74 bits per heavy atom. The average molecular weight is 313 g/mol. The Morgan fingerprint density at radius 1 is 1.22 bits per heavy atom. The molecule has 1 fully saturated rings. The van der Waals surface area contributed by atoms with Crippen LogP contribution >= 0.6 is 0 Å². The predicted molar refractivity (Wildman–Crippen MR) is 84.8 cm³/mol. The smallest absolute Gasteiger partial charge is 0.340 e. The van der Waals surface area contributed by atoms with Crippen molar-refractivity contribution in [2.75, 3.05) is 19.7 Å². The van der Waals surface area contributed by atoms with Crippen LogP contribution in [0.5, 0.6) is 0 Å². The fourth-order valence-corrected chi connectivity index (χ4v) is 2.71. The molecule has 2 aromatic rings. The average Bonchev–Trinajstić information content (AvgIpc) is 2.59. The Hall–Kier alpha value is -2.50. The monoisotopic (exact) mass is 313 g/mol.